The summed E-state index contributed by atoms with van der Waals surface area (Å²) in [6.07, 6.45) is 0. The van der Waals surface area contributed by atoms with Crippen molar-refractivity contribution in [3.05, 3.63) is 204 Å². The highest BCUT2D eigenvalue weighted by atomic mass is 16.3. The molecule has 0 aliphatic heterocycles. The number of hydrogen-bond acceptors (Lipinski definition) is 2. The van der Waals surface area contributed by atoms with E-state index in [1.807, 2.05) is 0 Å². The van der Waals surface area contributed by atoms with Gasteiger partial charge in [0.1, 0.15) is 11.2 Å². The Morgan fingerprint density at radius 1 is 0.388 bits per heavy atom. The van der Waals surface area contributed by atoms with Gasteiger partial charge in [-0.05, 0) is 74.7 Å². The molecular weight excluding hydrogens is 595 g/mol. The lowest BCUT2D eigenvalue weighted by molar-refractivity contribution is 0.674. The molecular formula is C47H31NO. The van der Waals surface area contributed by atoms with Crippen LogP contribution in [-0.4, -0.2) is 0 Å². The molecule has 2 nitrogen and oxygen atoms in total. The molecule has 49 heavy (non-hydrogen) atoms. The number of hydrogen-bond donors (Lipinski definition) is 1. The lowest BCUT2D eigenvalue weighted by atomic mass is 9.68. The minimum Gasteiger partial charge on any atom is -0.455 e. The molecule has 10 rings (SSSR count). The van der Waals surface area contributed by atoms with Crippen LogP contribution in [0.3, 0.4) is 0 Å². The highest BCUT2D eigenvalue weighted by Crippen LogP contribution is 2.56. The predicted molar refractivity (Wildman–Crippen MR) is 204 cm³/mol. The molecule has 9 aromatic rings. The van der Waals surface area contributed by atoms with E-state index in [-0.39, 0.29) is 0 Å². The molecule has 0 spiro atoms. The molecule has 0 radical (unpaired) electrons. The molecule has 2 heteroatoms. The van der Waals surface area contributed by atoms with Crippen molar-refractivity contribution in [2.24, 2.45) is 0 Å². The second-order valence-electron chi connectivity index (χ2n) is 12.9. The normalized spacial score (nSPS) is 13.1. The summed E-state index contributed by atoms with van der Waals surface area (Å²) in [5.74, 6) is 0. The summed E-state index contributed by atoms with van der Waals surface area (Å²) < 4.78 is 6.67. The minimum atomic E-state index is -0.399. The summed E-state index contributed by atoms with van der Waals surface area (Å²) in [5, 5.41) is 8.35. The van der Waals surface area contributed by atoms with Crippen LogP contribution in [-0.2, 0) is 5.41 Å². The molecule has 1 aliphatic rings. The quantitative estimate of drug-likeness (QED) is 0.206. The van der Waals surface area contributed by atoms with Crippen molar-refractivity contribution in [2.75, 3.05) is 5.32 Å². The first-order valence-electron chi connectivity index (χ1n) is 16.8. The van der Waals surface area contributed by atoms with Crippen LogP contribution in [0, 0.1) is 0 Å². The van der Waals surface area contributed by atoms with Crippen molar-refractivity contribution >= 4 is 44.1 Å². The number of para-hydroxylation sites is 1. The monoisotopic (exact) mass is 625 g/mol. The van der Waals surface area contributed by atoms with Gasteiger partial charge in [-0.3, -0.25) is 0 Å². The summed E-state index contributed by atoms with van der Waals surface area (Å²) in [7, 11) is 0. The molecule has 0 amide bonds. The molecule has 0 saturated heterocycles. The zero-order chi connectivity index (χ0) is 32.4. The van der Waals surface area contributed by atoms with Crippen LogP contribution in [0.1, 0.15) is 22.3 Å². The molecule has 0 saturated carbocycles. The van der Waals surface area contributed by atoms with Crippen molar-refractivity contribution in [2.45, 2.75) is 5.41 Å². The molecule has 230 valence electrons. The van der Waals surface area contributed by atoms with Crippen molar-refractivity contribution in [3.63, 3.8) is 0 Å². The van der Waals surface area contributed by atoms with Crippen LogP contribution in [0.15, 0.2) is 186 Å². The van der Waals surface area contributed by atoms with Gasteiger partial charge in [-0.25, -0.2) is 0 Å². The van der Waals surface area contributed by atoms with Crippen molar-refractivity contribution < 1.29 is 4.42 Å². The maximum atomic E-state index is 6.67. The van der Waals surface area contributed by atoms with E-state index in [0.29, 0.717) is 0 Å². The summed E-state index contributed by atoms with van der Waals surface area (Å²) in [5.41, 5.74) is 13.4. The number of benzene rings is 8. The Hall–Kier alpha value is -6.38. The first-order valence-corrected chi connectivity index (χ1v) is 16.8. The van der Waals surface area contributed by atoms with Gasteiger partial charge in [0, 0.05) is 33.1 Å². The molecule has 1 aliphatic carbocycles. The molecule has 8 aromatic carbocycles. The van der Waals surface area contributed by atoms with Gasteiger partial charge in [0.05, 0.1) is 5.41 Å². The van der Waals surface area contributed by atoms with Gasteiger partial charge in [0.15, 0.2) is 0 Å². The zero-order valence-electron chi connectivity index (χ0n) is 26.7. The average Bonchev–Trinajstić information content (AvgIpc) is 3.70. The van der Waals surface area contributed by atoms with Crippen molar-refractivity contribution in [3.8, 4) is 22.3 Å². The lowest BCUT2D eigenvalue weighted by Gasteiger charge is -2.33. The molecule has 0 bridgehead atoms. The topological polar surface area (TPSA) is 25.2 Å². The maximum Gasteiger partial charge on any atom is 0.143 e. The van der Waals surface area contributed by atoms with Crippen LogP contribution >= 0.6 is 0 Å². The second-order valence-corrected chi connectivity index (χ2v) is 12.9. The third kappa shape index (κ3) is 4.14. The lowest BCUT2D eigenvalue weighted by Crippen LogP contribution is -2.28. The highest BCUT2D eigenvalue weighted by Gasteiger charge is 2.45. The summed E-state index contributed by atoms with van der Waals surface area (Å²) in [6, 6.07) is 65.5. The number of anilines is 2. The summed E-state index contributed by atoms with van der Waals surface area (Å²) in [6.45, 7) is 0. The van der Waals surface area contributed by atoms with E-state index >= 15 is 0 Å². The number of furan rings is 1. The van der Waals surface area contributed by atoms with Gasteiger partial charge in [-0.15, -0.1) is 0 Å². The molecule has 0 unspecified atom stereocenters. The van der Waals surface area contributed by atoms with Crippen molar-refractivity contribution in [1.29, 1.82) is 0 Å². The second kappa shape index (κ2) is 10.8. The summed E-state index contributed by atoms with van der Waals surface area (Å²) >= 11 is 0. The smallest absolute Gasteiger partial charge is 0.143 e. The molecule has 0 atom stereocenters. The Morgan fingerprint density at radius 3 is 1.86 bits per heavy atom. The van der Waals surface area contributed by atoms with E-state index < -0.39 is 5.41 Å². The third-order valence-electron chi connectivity index (χ3n) is 10.3. The van der Waals surface area contributed by atoms with E-state index in [2.05, 4.69) is 187 Å². The Morgan fingerprint density at radius 2 is 1.02 bits per heavy atom. The van der Waals surface area contributed by atoms with Gasteiger partial charge in [-0.2, -0.15) is 0 Å². The van der Waals surface area contributed by atoms with E-state index in [4.69, 9.17) is 4.42 Å². The Balaban J connectivity index is 1.08. The first kappa shape index (κ1) is 27.7. The van der Waals surface area contributed by atoms with Gasteiger partial charge in [0.25, 0.3) is 0 Å². The number of nitrogens with one attached hydrogen (secondary N) is 1. The number of rotatable bonds is 5. The fraction of sp³-hybridized carbons (Fsp3) is 0.0213. The van der Waals surface area contributed by atoms with Crippen LogP contribution in [0.5, 0.6) is 0 Å². The van der Waals surface area contributed by atoms with Crippen LogP contribution in [0.4, 0.5) is 11.4 Å². The van der Waals surface area contributed by atoms with Gasteiger partial charge < -0.3 is 9.73 Å². The predicted octanol–water partition coefficient (Wildman–Crippen LogP) is 12.5. The maximum absolute atomic E-state index is 6.67. The third-order valence-corrected chi connectivity index (χ3v) is 10.3. The minimum absolute atomic E-state index is 0.399. The van der Waals surface area contributed by atoms with Crippen molar-refractivity contribution in [1.82, 2.24) is 0 Å². The summed E-state index contributed by atoms with van der Waals surface area (Å²) in [4.78, 5) is 0. The molecule has 0 fully saturated rings. The Kier molecular flexibility index (Phi) is 6.13. The standard InChI is InChI=1S/C47H31NO/c1-3-15-33(16-4-1)47(34-17-5-2-6-18-34)43-24-10-9-21-39(43)42-30-36(26-28-44(42)47)48-35-19-11-14-32(29-35)38-22-12-23-40-41-27-25-31-13-7-8-20-37(31)45(41)49-46(38)40/h1-30,48H. The largest absolute Gasteiger partial charge is 0.455 e. The Labute approximate surface area is 284 Å². The fourth-order valence-electron chi connectivity index (χ4n) is 8.21. The average molecular weight is 626 g/mol. The van der Waals surface area contributed by atoms with Gasteiger partial charge >= 0.3 is 0 Å². The highest BCUT2D eigenvalue weighted by molar-refractivity contribution is 6.17. The molecule has 1 aromatic heterocycles. The first-order chi connectivity index (χ1) is 24.3. The van der Waals surface area contributed by atoms with E-state index in [1.165, 1.54) is 38.8 Å². The van der Waals surface area contributed by atoms with E-state index in [0.717, 1.165) is 49.8 Å². The molecule has 1 N–H and O–H groups in total. The van der Waals surface area contributed by atoms with Crippen LogP contribution in [0.25, 0.3) is 55.0 Å². The SMILES string of the molecule is c1ccc(C2(c3ccccc3)c3ccccc3-c3cc(Nc4cccc(-c5cccc6c5oc5c7ccccc7ccc65)c4)ccc32)cc1. The van der Waals surface area contributed by atoms with E-state index in [1.54, 1.807) is 0 Å². The fourth-order valence-corrected chi connectivity index (χ4v) is 8.21. The van der Waals surface area contributed by atoms with Gasteiger partial charge in [0.2, 0.25) is 0 Å². The molecule has 1 heterocycles. The van der Waals surface area contributed by atoms with Crippen LogP contribution < -0.4 is 5.32 Å². The zero-order valence-corrected chi connectivity index (χ0v) is 26.7. The van der Waals surface area contributed by atoms with Crippen LogP contribution in [0.2, 0.25) is 0 Å². The number of fused-ring (bicyclic) bond motifs is 8. The Bertz CT molecular complexity index is 2650. The van der Waals surface area contributed by atoms with E-state index in [9.17, 15) is 0 Å². The van der Waals surface area contributed by atoms with Gasteiger partial charge in [-0.1, -0.05) is 152 Å².